The Kier molecular flexibility index (Phi) is 3.28. The van der Waals surface area contributed by atoms with Gasteiger partial charge in [0.05, 0.1) is 15.9 Å². The van der Waals surface area contributed by atoms with E-state index < -0.39 is 0 Å². The number of benzene rings is 1. The van der Waals surface area contributed by atoms with Gasteiger partial charge in [-0.2, -0.15) is 0 Å². The molecule has 0 aliphatic heterocycles. The summed E-state index contributed by atoms with van der Waals surface area (Å²) in [5, 5.41) is 4.04. The fraction of sp³-hybridized carbons (Fsp3) is 0.0625. The smallest absolute Gasteiger partial charge is 0.276 e. The van der Waals surface area contributed by atoms with Crippen LogP contribution in [0.3, 0.4) is 0 Å². The second kappa shape index (κ2) is 5.33. The maximum Gasteiger partial charge on any atom is 0.276 e. The van der Waals surface area contributed by atoms with E-state index in [4.69, 9.17) is 11.6 Å². The Labute approximate surface area is 140 Å². The third-order valence-corrected chi connectivity index (χ3v) is 4.66. The highest BCUT2D eigenvalue weighted by atomic mass is 35.5. The van der Waals surface area contributed by atoms with Crippen LogP contribution in [-0.2, 0) is 0 Å². The molecule has 4 rings (SSSR count). The molecule has 0 unspecified atom stereocenters. The molecule has 114 valence electrons. The number of hydrogen-bond acceptors (Lipinski definition) is 4. The second-order valence-corrected chi connectivity index (χ2v) is 6.53. The fourth-order valence-electron chi connectivity index (χ4n) is 2.50. The molecule has 0 atom stereocenters. The van der Waals surface area contributed by atoms with Gasteiger partial charge < -0.3 is 0 Å². The van der Waals surface area contributed by atoms with E-state index in [0.717, 1.165) is 15.9 Å². The lowest BCUT2D eigenvalue weighted by atomic mass is 10.3. The van der Waals surface area contributed by atoms with Gasteiger partial charge in [0.1, 0.15) is 11.3 Å². The zero-order chi connectivity index (χ0) is 16.0. The average Bonchev–Trinajstić information content (AvgIpc) is 3.05. The quantitative estimate of drug-likeness (QED) is 0.595. The minimum Gasteiger partial charge on any atom is -0.296 e. The number of aromatic nitrogens is 3. The minimum atomic E-state index is -0.230. The van der Waals surface area contributed by atoms with Crippen molar-refractivity contribution < 1.29 is 4.79 Å². The van der Waals surface area contributed by atoms with E-state index in [-0.39, 0.29) is 5.91 Å². The van der Waals surface area contributed by atoms with Gasteiger partial charge in [0, 0.05) is 11.2 Å². The zero-order valence-electron chi connectivity index (χ0n) is 12.1. The Balaban J connectivity index is 1.72. The van der Waals surface area contributed by atoms with Gasteiger partial charge in [-0.3, -0.25) is 14.5 Å². The number of thiazole rings is 1. The Bertz CT molecular complexity index is 1050. The molecule has 0 aliphatic carbocycles. The van der Waals surface area contributed by atoms with E-state index >= 15 is 0 Å². The molecule has 0 saturated carbocycles. The van der Waals surface area contributed by atoms with Crippen molar-refractivity contribution in [1.29, 1.82) is 0 Å². The number of pyridine rings is 1. The van der Waals surface area contributed by atoms with E-state index in [1.165, 1.54) is 11.3 Å². The van der Waals surface area contributed by atoms with E-state index in [1.807, 2.05) is 43.5 Å². The number of halogens is 1. The molecular formula is C16H11ClN4OS. The van der Waals surface area contributed by atoms with Crippen LogP contribution in [0.15, 0.2) is 42.6 Å². The predicted molar refractivity (Wildman–Crippen MR) is 92.5 cm³/mol. The Morgan fingerprint density at radius 3 is 3.00 bits per heavy atom. The van der Waals surface area contributed by atoms with Gasteiger partial charge in [-0.15, -0.1) is 0 Å². The number of amides is 1. The van der Waals surface area contributed by atoms with Gasteiger partial charge in [0.25, 0.3) is 5.91 Å². The van der Waals surface area contributed by atoms with Crippen LogP contribution in [0.25, 0.3) is 15.9 Å². The molecule has 5 nitrogen and oxygen atoms in total. The van der Waals surface area contributed by atoms with Crippen LogP contribution >= 0.6 is 22.9 Å². The summed E-state index contributed by atoms with van der Waals surface area (Å²) < 4.78 is 2.71. The van der Waals surface area contributed by atoms with Gasteiger partial charge in [-0.1, -0.05) is 29.0 Å². The summed E-state index contributed by atoms with van der Waals surface area (Å²) in [6.45, 7) is 1.82. The molecule has 3 heterocycles. The maximum absolute atomic E-state index is 12.6. The molecule has 1 aromatic carbocycles. The molecule has 0 spiro atoms. The van der Waals surface area contributed by atoms with Crippen molar-refractivity contribution >= 4 is 49.8 Å². The number of rotatable bonds is 2. The Morgan fingerprint density at radius 2 is 2.13 bits per heavy atom. The molecule has 3 aromatic heterocycles. The number of nitrogens with zero attached hydrogens (tertiary/aromatic N) is 3. The molecule has 0 bridgehead atoms. The van der Waals surface area contributed by atoms with Gasteiger partial charge >= 0.3 is 0 Å². The average molecular weight is 343 g/mol. The largest absolute Gasteiger partial charge is 0.296 e. The predicted octanol–water partition coefficient (Wildman–Crippen LogP) is 4.16. The Hall–Kier alpha value is -2.44. The van der Waals surface area contributed by atoms with Crippen LogP contribution in [-0.4, -0.2) is 20.3 Å². The number of carbonyl (C=O) groups excluding carboxylic acids is 1. The monoisotopic (exact) mass is 342 g/mol. The van der Waals surface area contributed by atoms with Crippen LogP contribution in [0.4, 0.5) is 5.13 Å². The number of hydrogen-bond donors (Lipinski definition) is 1. The number of nitrogens with one attached hydrogen (secondary N) is 1. The molecular weight excluding hydrogens is 332 g/mol. The summed E-state index contributed by atoms with van der Waals surface area (Å²) in [6, 6.07) is 11.1. The van der Waals surface area contributed by atoms with Gasteiger partial charge in [-0.05, 0) is 37.3 Å². The molecule has 4 aromatic rings. The molecule has 0 fully saturated rings. The highest BCUT2D eigenvalue weighted by Gasteiger charge is 2.17. The maximum atomic E-state index is 12.6. The van der Waals surface area contributed by atoms with Crippen LogP contribution in [0.5, 0.6) is 0 Å². The molecule has 23 heavy (non-hydrogen) atoms. The summed E-state index contributed by atoms with van der Waals surface area (Å²) in [5.74, 6) is -0.230. The lowest BCUT2D eigenvalue weighted by Crippen LogP contribution is -2.15. The Morgan fingerprint density at radius 1 is 1.26 bits per heavy atom. The van der Waals surface area contributed by atoms with Crippen molar-refractivity contribution in [3.63, 3.8) is 0 Å². The molecule has 0 aliphatic rings. The first kappa shape index (κ1) is 14.2. The lowest BCUT2D eigenvalue weighted by Gasteiger charge is -2.02. The van der Waals surface area contributed by atoms with Crippen LogP contribution in [0, 0.1) is 6.92 Å². The highest BCUT2D eigenvalue weighted by Crippen LogP contribution is 2.28. The van der Waals surface area contributed by atoms with E-state index in [2.05, 4.69) is 15.3 Å². The van der Waals surface area contributed by atoms with Crippen LogP contribution in [0.2, 0.25) is 5.02 Å². The summed E-state index contributed by atoms with van der Waals surface area (Å²) in [6.07, 6.45) is 1.82. The molecule has 7 heteroatoms. The number of carbonyl (C=O) groups is 1. The third-order valence-electron chi connectivity index (χ3n) is 3.49. The molecule has 1 N–H and O–H groups in total. The second-order valence-electron chi connectivity index (χ2n) is 5.06. The fourth-order valence-corrected chi connectivity index (χ4v) is 3.63. The van der Waals surface area contributed by atoms with Crippen LogP contribution in [0.1, 0.15) is 16.2 Å². The van der Waals surface area contributed by atoms with Crippen LogP contribution < -0.4 is 5.32 Å². The van der Waals surface area contributed by atoms with Crippen molar-refractivity contribution in [2.45, 2.75) is 6.92 Å². The number of fused-ring (bicyclic) bond motifs is 2. The molecule has 0 saturated heterocycles. The molecule has 0 radical (unpaired) electrons. The van der Waals surface area contributed by atoms with Crippen molar-refractivity contribution in [2.24, 2.45) is 0 Å². The van der Waals surface area contributed by atoms with E-state index in [9.17, 15) is 4.79 Å². The summed E-state index contributed by atoms with van der Waals surface area (Å²) in [4.78, 5) is 21.4. The first-order valence-electron chi connectivity index (χ1n) is 6.93. The summed E-state index contributed by atoms with van der Waals surface area (Å²) in [5.41, 5.74) is 2.74. The van der Waals surface area contributed by atoms with Crippen molar-refractivity contribution in [2.75, 3.05) is 5.32 Å². The van der Waals surface area contributed by atoms with Crippen molar-refractivity contribution in [1.82, 2.24) is 14.4 Å². The first-order valence-corrected chi connectivity index (χ1v) is 8.12. The third kappa shape index (κ3) is 2.46. The first-order chi connectivity index (χ1) is 11.1. The molecule has 1 amide bonds. The van der Waals surface area contributed by atoms with E-state index in [0.29, 0.717) is 21.5 Å². The van der Waals surface area contributed by atoms with Gasteiger partial charge in [-0.25, -0.2) is 9.97 Å². The SMILES string of the molecule is Cc1nc2ccccn2c1C(=O)Nc1nc2ccc(Cl)cc2s1. The van der Waals surface area contributed by atoms with Crippen molar-refractivity contribution in [3.05, 3.63) is 59.0 Å². The minimum absolute atomic E-state index is 0.230. The number of imidazole rings is 1. The van der Waals surface area contributed by atoms with E-state index in [1.54, 1.807) is 10.5 Å². The number of anilines is 1. The summed E-state index contributed by atoms with van der Waals surface area (Å²) >= 11 is 7.37. The van der Waals surface area contributed by atoms with Gasteiger partial charge in [0.2, 0.25) is 0 Å². The summed E-state index contributed by atoms with van der Waals surface area (Å²) in [7, 11) is 0. The number of aryl methyl sites for hydroxylation is 1. The van der Waals surface area contributed by atoms with Gasteiger partial charge in [0.15, 0.2) is 5.13 Å². The standard InChI is InChI=1S/C16H11ClN4OS/c1-9-14(21-7-3-2-4-13(21)18-9)15(22)20-16-19-11-6-5-10(17)8-12(11)23-16/h2-8H,1H3,(H,19,20,22). The zero-order valence-corrected chi connectivity index (χ0v) is 13.6. The lowest BCUT2D eigenvalue weighted by molar-refractivity contribution is 0.102. The topological polar surface area (TPSA) is 59.3 Å². The van der Waals surface area contributed by atoms with Crippen molar-refractivity contribution in [3.8, 4) is 0 Å². The normalized spacial score (nSPS) is 11.2. The highest BCUT2D eigenvalue weighted by molar-refractivity contribution is 7.22.